The van der Waals surface area contributed by atoms with Crippen LogP contribution in [-0.4, -0.2) is 24.4 Å². The first-order chi connectivity index (χ1) is 16.9. The van der Waals surface area contributed by atoms with Gasteiger partial charge in [0.1, 0.15) is 0 Å². The normalized spacial score (nSPS) is 39.5. The van der Waals surface area contributed by atoms with Crippen molar-refractivity contribution in [2.45, 2.75) is 151 Å². The maximum atomic E-state index is 6.67. The van der Waals surface area contributed by atoms with Gasteiger partial charge in [-0.2, -0.15) is 0 Å². The van der Waals surface area contributed by atoms with Crippen LogP contribution < -0.4 is 0 Å². The summed E-state index contributed by atoms with van der Waals surface area (Å²) in [5.74, 6) is 5.46. The van der Waals surface area contributed by atoms with Gasteiger partial charge in [0.25, 0.3) is 0 Å². The Morgan fingerprint density at radius 3 is 2.39 bits per heavy atom. The Morgan fingerprint density at radius 1 is 0.944 bits per heavy atom. The van der Waals surface area contributed by atoms with Crippen molar-refractivity contribution in [2.24, 2.45) is 46.3 Å². The molecule has 4 rings (SSSR count). The molecule has 0 aromatic heterocycles. The summed E-state index contributed by atoms with van der Waals surface area (Å²) in [5, 5.41) is 0. The zero-order chi connectivity index (χ0) is 26.3. The Labute approximate surface area is 224 Å². The van der Waals surface area contributed by atoms with E-state index in [4.69, 9.17) is 9.47 Å². The van der Waals surface area contributed by atoms with Gasteiger partial charge in [-0.1, -0.05) is 65.5 Å². The Balaban J connectivity index is 1.41. The predicted molar refractivity (Wildman–Crippen MR) is 153 cm³/mol. The van der Waals surface area contributed by atoms with Crippen LogP contribution >= 0.6 is 0 Å². The molecule has 0 bridgehead atoms. The molecule has 2 nitrogen and oxygen atoms in total. The molecule has 4 aliphatic rings. The molecule has 0 spiro atoms. The van der Waals surface area contributed by atoms with Crippen LogP contribution in [0.3, 0.4) is 0 Å². The fourth-order valence-electron chi connectivity index (χ4n) is 9.61. The van der Waals surface area contributed by atoms with Crippen molar-refractivity contribution in [1.82, 2.24) is 0 Å². The zero-order valence-corrected chi connectivity index (χ0v) is 25.5. The molecule has 36 heavy (non-hydrogen) atoms. The summed E-state index contributed by atoms with van der Waals surface area (Å²) < 4.78 is 12.6. The number of allylic oxidation sites excluding steroid dienone is 1. The monoisotopic (exact) mass is 500 g/mol. The van der Waals surface area contributed by atoms with E-state index in [1.165, 1.54) is 64.2 Å². The van der Waals surface area contributed by atoms with Gasteiger partial charge in [0.2, 0.25) is 0 Å². The lowest BCUT2D eigenvalue weighted by Gasteiger charge is -2.58. The van der Waals surface area contributed by atoms with E-state index >= 15 is 0 Å². The predicted octanol–water partition coefficient (Wildman–Crippen LogP) is 9.62. The van der Waals surface area contributed by atoms with Gasteiger partial charge < -0.3 is 9.47 Å². The number of ether oxygens (including phenoxy) is 2. The highest BCUT2D eigenvalue weighted by Gasteiger charge is 2.59. The highest BCUT2D eigenvalue weighted by Crippen LogP contribution is 2.67. The molecule has 0 N–H and O–H groups in total. The Hall–Kier alpha value is -0.340. The van der Waals surface area contributed by atoms with Gasteiger partial charge in [0.15, 0.2) is 0 Å². The molecule has 0 radical (unpaired) electrons. The van der Waals surface area contributed by atoms with Gasteiger partial charge >= 0.3 is 0 Å². The average Bonchev–Trinajstić information content (AvgIpc) is 3.15. The van der Waals surface area contributed by atoms with Gasteiger partial charge in [-0.15, -0.1) is 0 Å². The minimum atomic E-state index is -0.211. The molecule has 0 aliphatic heterocycles. The molecule has 8 atom stereocenters. The second-order valence-corrected chi connectivity index (χ2v) is 15.4. The van der Waals surface area contributed by atoms with Crippen LogP contribution in [0.25, 0.3) is 0 Å². The molecule has 4 unspecified atom stereocenters. The lowest BCUT2D eigenvalue weighted by molar-refractivity contribution is -0.136. The first-order valence-electron chi connectivity index (χ1n) is 15.8. The molecule has 3 fully saturated rings. The highest BCUT2D eigenvalue weighted by molar-refractivity contribution is 5.25. The van der Waals surface area contributed by atoms with Crippen molar-refractivity contribution in [3.05, 3.63) is 11.6 Å². The number of hydrogen-bond acceptors (Lipinski definition) is 2. The fourth-order valence-corrected chi connectivity index (χ4v) is 9.61. The average molecular weight is 501 g/mol. The molecular formula is C34H60O2. The van der Waals surface area contributed by atoms with E-state index in [-0.39, 0.29) is 11.7 Å². The summed E-state index contributed by atoms with van der Waals surface area (Å²) in [6, 6.07) is 0. The lowest BCUT2D eigenvalue weighted by atomic mass is 9.47. The van der Waals surface area contributed by atoms with E-state index in [0.29, 0.717) is 23.5 Å². The van der Waals surface area contributed by atoms with Gasteiger partial charge in [0.05, 0.1) is 24.4 Å². The van der Waals surface area contributed by atoms with E-state index in [0.717, 1.165) is 41.9 Å². The summed E-state index contributed by atoms with van der Waals surface area (Å²) in [6.07, 6.45) is 18.5. The third-order valence-electron chi connectivity index (χ3n) is 11.5. The van der Waals surface area contributed by atoms with E-state index in [9.17, 15) is 0 Å². The molecular weight excluding hydrogens is 440 g/mol. The maximum absolute atomic E-state index is 6.67. The van der Waals surface area contributed by atoms with Crippen molar-refractivity contribution < 1.29 is 9.47 Å². The van der Waals surface area contributed by atoms with Gasteiger partial charge in [-0.05, 0) is 125 Å². The van der Waals surface area contributed by atoms with Crippen LogP contribution in [0.4, 0.5) is 0 Å². The largest absolute Gasteiger partial charge is 0.376 e. The van der Waals surface area contributed by atoms with Crippen molar-refractivity contribution in [3.8, 4) is 0 Å². The molecule has 2 heteroatoms. The SMILES string of the molecule is CC(C)CCC[C@@H](C)C1CCC2C3CC=C4C[C@@H](OC(C)(C)COC(C)C)CC[C@]4(C)C3CC[C@@]21C. The Bertz CT molecular complexity index is 765. The molecule has 0 aromatic rings. The third-order valence-corrected chi connectivity index (χ3v) is 11.5. The van der Waals surface area contributed by atoms with Crippen LogP contribution in [0.2, 0.25) is 0 Å². The number of rotatable bonds is 10. The molecule has 0 aromatic carbocycles. The fraction of sp³-hybridized carbons (Fsp3) is 0.941. The number of hydrogen-bond donors (Lipinski definition) is 0. The third kappa shape index (κ3) is 5.80. The Morgan fingerprint density at radius 2 is 1.69 bits per heavy atom. The van der Waals surface area contributed by atoms with E-state index in [2.05, 4.69) is 68.4 Å². The van der Waals surface area contributed by atoms with Crippen molar-refractivity contribution in [3.63, 3.8) is 0 Å². The first kappa shape index (κ1) is 28.7. The quantitative estimate of drug-likeness (QED) is 0.278. The number of fused-ring (bicyclic) bond motifs is 5. The smallest absolute Gasteiger partial charge is 0.0862 e. The highest BCUT2D eigenvalue weighted by atomic mass is 16.6. The summed E-state index contributed by atoms with van der Waals surface area (Å²) in [4.78, 5) is 0. The van der Waals surface area contributed by atoms with Crippen LogP contribution in [0.15, 0.2) is 11.6 Å². The van der Waals surface area contributed by atoms with Crippen LogP contribution in [-0.2, 0) is 9.47 Å². The standard InChI is InChI=1S/C34H60O2/c1-23(2)11-10-12-25(5)29-15-16-30-28-14-13-26-21-27(36-32(6,7)22-35-24(3)4)17-19-33(26,8)31(28)18-20-34(29,30)9/h13,23-25,27-31H,10-12,14-22H2,1-9H3/t25-,27+,28?,29?,30?,31?,33+,34-/m1/s1. The van der Waals surface area contributed by atoms with Crippen molar-refractivity contribution in [1.29, 1.82) is 0 Å². The summed E-state index contributed by atoms with van der Waals surface area (Å²) >= 11 is 0. The summed E-state index contributed by atoms with van der Waals surface area (Å²) in [6.45, 7) is 22.0. The first-order valence-corrected chi connectivity index (χ1v) is 15.8. The summed E-state index contributed by atoms with van der Waals surface area (Å²) in [7, 11) is 0. The van der Waals surface area contributed by atoms with Gasteiger partial charge in [0, 0.05) is 0 Å². The molecule has 4 aliphatic carbocycles. The van der Waals surface area contributed by atoms with Crippen molar-refractivity contribution in [2.75, 3.05) is 6.61 Å². The van der Waals surface area contributed by atoms with Crippen molar-refractivity contribution >= 4 is 0 Å². The van der Waals surface area contributed by atoms with Crippen LogP contribution in [0.1, 0.15) is 133 Å². The molecule has 0 saturated heterocycles. The topological polar surface area (TPSA) is 18.5 Å². The molecule has 0 amide bonds. The molecule has 0 heterocycles. The Kier molecular flexibility index (Phi) is 8.78. The molecule has 208 valence electrons. The van der Waals surface area contributed by atoms with E-state index < -0.39 is 0 Å². The van der Waals surface area contributed by atoms with Gasteiger partial charge in [-0.25, -0.2) is 0 Å². The zero-order valence-electron chi connectivity index (χ0n) is 25.5. The summed E-state index contributed by atoms with van der Waals surface area (Å²) in [5.41, 5.74) is 2.52. The second kappa shape index (κ2) is 11.0. The van der Waals surface area contributed by atoms with E-state index in [1.54, 1.807) is 5.57 Å². The molecule has 3 saturated carbocycles. The minimum absolute atomic E-state index is 0.211. The van der Waals surface area contributed by atoms with Gasteiger partial charge in [-0.3, -0.25) is 0 Å². The maximum Gasteiger partial charge on any atom is 0.0862 e. The minimum Gasteiger partial charge on any atom is -0.376 e. The lowest BCUT2D eigenvalue weighted by Crippen LogP contribution is -2.51. The second-order valence-electron chi connectivity index (χ2n) is 15.4. The van der Waals surface area contributed by atoms with Crippen LogP contribution in [0, 0.1) is 46.3 Å². The van der Waals surface area contributed by atoms with E-state index in [1.807, 2.05) is 0 Å². The van der Waals surface area contributed by atoms with Crippen LogP contribution in [0.5, 0.6) is 0 Å².